The van der Waals surface area contributed by atoms with Crippen LogP contribution in [0.2, 0.25) is 0 Å². The van der Waals surface area contributed by atoms with E-state index in [0.29, 0.717) is 7.57 Å². The van der Waals surface area contributed by atoms with Crippen molar-refractivity contribution < 1.29 is 0 Å². The Kier molecular flexibility index (Phi) is 2.85. The minimum absolute atomic E-state index is 0.0527. The van der Waals surface area contributed by atoms with E-state index in [-0.39, 0.29) is 11.4 Å². The molecule has 0 saturated carbocycles. The quantitative estimate of drug-likeness (QED) is 0.773. The molecule has 1 aromatic heterocycles. The van der Waals surface area contributed by atoms with Gasteiger partial charge >= 0.3 is 0 Å². The van der Waals surface area contributed by atoms with E-state index in [1.54, 1.807) is 0 Å². The van der Waals surface area contributed by atoms with E-state index in [1.807, 2.05) is 0 Å². The molecule has 0 atom stereocenters. The molecule has 0 N–H and O–H groups in total. The monoisotopic (exact) mass is 298 g/mol. The van der Waals surface area contributed by atoms with Crippen molar-refractivity contribution in [3.63, 3.8) is 0 Å². The number of hydrogen-bond acceptors (Lipinski definition) is 5. The first-order valence-electron chi connectivity index (χ1n) is 2.35. The van der Waals surface area contributed by atoms with E-state index >= 15 is 0 Å². The summed E-state index contributed by atoms with van der Waals surface area (Å²) in [6.07, 6.45) is 0. The van der Waals surface area contributed by atoms with Gasteiger partial charge in [-0.2, -0.15) is 0 Å². The Labute approximate surface area is 82.2 Å². The molecule has 0 spiro atoms. The van der Waals surface area contributed by atoms with Crippen molar-refractivity contribution in [1.29, 1.82) is 0 Å². The Balaban J connectivity index is 3.39. The second kappa shape index (κ2) is 3.51. The zero-order valence-electron chi connectivity index (χ0n) is 4.88. The Hall–Kier alpha value is -0.140. The fourth-order valence-corrected chi connectivity index (χ4v) is 3.28. The molecule has 0 unspecified atom stereocenters. The fraction of sp³-hybridized carbons (Fsp3) is 0. The van der Waals surface area contributed by atoms with Crippen LogP contribution in [0.15, 0.2) is 17.9 Å². The summed E-state index contributed by atoms with van der Waals surface area (Å²) < 4.78 is 1.02. The fourth-order valence-electron chi connectivity index (χ4n) is 0.520. The first-order chi connectivity index (χ1) is 5.20. The van der Waals surface area contributed by atoms with E-state index in [4.69, 9.17) is 0 Å². The van der Waals surface area contributed by atoms with Crippen molar-refractivity contribution in [3.8, 4) is 0 Å². The average molecular weight is 300 g/mol. The largest absolute Gasteiger partial charge is 0.163 e. The number of nitrogens with zero attached hydrogens (tertiary/aromatic N) is 2. The van der Waals surface area contributed by atoms with Crippen molar-refractivity contribution in [1.82, 2.24) is 0 Å². The van der Waals surface area contributed by atoms with Gasteiger partial charge in [0.1, 0.15) is 7.57 Å². The van der Waals surface area contributed by atoms with Crippen LogP contribution in [0.3, 0.4) is 0 Å². The lowest BCUT2D eigenvalue weighted by Crippen LogP contribution is -1.55. The molecule has 58 valence electrons. The molecular formula is C4Br2N2O2S. The van der Waals surface area contributed by atoms with Crippen molar-refractivity contribution in [3.05, 3.63) is 17.4 Å². The average Bonchev–Trinajstić information content (AvgIpc) is 2.24. The maximum Gasteiger partial charge on any atom is 0.163 e. The van der Waals surface area contributed by atoms with Gasteiger partial charge in [-0.25, -0.2) is 0 Å². The van der Waals surface area contributed by atoms with Gasteiger partial charge in [-0.1, -0.05) is 0 Å². The molecule has 0 fully saturated rings. The van der Waals surface area contributed by atoms with Gasteiger partial charge in [0.2, 0.25) is 0 Å². The van der Waals surface area contributed by atoms with Gasteiger partial charge in [0.05, 0.1) is 0 Å². The molecule has 11 heavy (non-hydrogen) atoms. The minimum atomic E-state index is 0.0527. The molecule has 0 radical (unpaired) electrons. The highest BCUT2D eigenvalue weighted by molar-refractivity contribution is 9.12. The third-order valence-corrected chi connectivity index (χ3v) is 3.43. The lowest BCUT2D eigenvalue weighted by Gasteiger charge is -1.81. The Morgan fingerprint density at radius 3 is 1.64 bits per heavy atom. The summed E-state index contributed by atoms with van der Waals surface area (Å²) in [5.74, 6) is 0. The molecule has 0 aliphatic carbocycles. The molecule has 0 aliphatic rings. The summed E-state index contributed by atoms with van der Waals surface area (Å²) >= 11 is 7.32. The van der Waals surface area contributed by atoms with Gasteiger partial charge in [-0.05, 0) is 42.2 Å². The molecule has 0 saturated heterocycles. The zero-order valence-corrected chi connectivity index (χ0v) is 8.86. The topological polar surface area (TPSA) is 58.9 Å². The third-order valence-electron chi connectivity index (χ3n) is 0.958. The van der Waals surface area contributed by atoms with Gasteiger partial charge in [-0.3, -0.25) is 0 Å². The zero-order chi connectivity index (χ0) is 8.43. The van der Waals surface area contributed by atoms with E-state index in [9.17, 15) is 9.81 Å². The Morgan fingerprint density at radius 2 is 1.36 bits per heavy atom. The van der Waals surface area contributed by atoms with Crippen molar-refractivity contribution in [2.75, 3.05) is 0 Å². The van der Waals surface area contributed by atoms with Crippen LogP contribution in [0.25, 0.3) is 0 Å². The maximum atomic E-state index is 10.1. The number of nitroso groups, excluding NO2 is 2. The predicted octanol–water partition coefficient (Wildman–Crippen LogP) is 4.07. The first-order valence-corrected chi connectivity index (χ1v) is 4.75. The van der Waals surface area contributed by atoms with E-state index in [1.165, 1.54) is 11.3 Å². The lowest BCUT2D eigenvalue weighted by atomic mass is 10.5. The molecule has 7 heteroatoms. The highest BCUT2D eigenvalue weighted by Gasteiger charge is 2.16. The second-order valence-electron chi connectivity index (χ2n) is 1.53. The molecule has 1 aromatic rings. The molecular weight excluding hydrogens is 300 g/mol. The summed E-state index contributed by atoms with van der Waals surface area (Å²) in [4.78, 5) is 20.3. The van der Waals surface area contributed by atoms with Gasteiger partial charge in [-0.15, -0.1) is 21.2 Å². The van der Waals surface area contributed by atoms with E-state index < -0.39 is 0 Å². The number of rotatable bonds is 2. The van der Waals surface area contributed by atoms with Crippen LogP contribution >= 0.6 is 43.2 Å². The smallest absolute Gasteiger partial charge is 0.145 e. The normalized spacial score (nSPS) is 9.64. The molecule has 1 rings (SSSR count). The van der Waals surface area contributed by atoms with Gasteiger partial charge in [0.15, 0.2) is 11.4 Å². The Bertz CT molecular complexity index is 283. The van der Waals surface area contributed by atoms with Crippen LogP contribution in [0.1, 0.15) is 0 Å². The molecule has 0 amide bonds. The number of hydrogen-bond donors (Lipinski definition) is 0. The summed E-state index contributed by atoms with van der Waals surface area (Å²) in [7, 11) is 0. The van der Waals surface area contributed by atoms with Gasteiger partial charge in [0.25, 0.3) is 0 Å². The summed E-state index contributed by atoms with van der Waals surface area (Å²) in [5.41, 5.74) is 0.105. The first kappa shape index (κ1) is 8.95. The minimum Gasteiger partial charge on any atom is -0.145 e. The summed E-state index contributed by atoms with van der Waals surface area (Å²) in [5, 5.41) is 5.30. The van der Waals surface area contributed by atoms with Crippen LogP contribution in [0.5, 0.6) is 0 Å². The maximum absolute atomic E-state index is 10.1. The van der Waals surface area contributed by atoms with Crippen molar-refractivity contribution in [2.45, 2.75) is 0 Å². The second-order valence-corrected chi connectivity index (χ2v) is 5.19. The van der Waals surface area contributed by atoms with Gasteiger partial charge < -0.3 is 0 Å². The molecule has 4 nitrogen and oxygen atoms in total. The third kappa shape index (κ3) is 1.54. The summed E-state index contributed by atoms with van der Waals surface area (Å²) in [6.45, 7) is 0. The number of thiophene rings is 1. The van der Waals surface area contributed by atoms with Crippen LogP contribution in [-0.4, -0.2) is 0 Å². The molecule has 1 heterocycles. The highest BCUT2D eigenvalue weighted by Crippen LogP contribution is 2.48. The van der Waals surface area contributed by atoms with Gasteiger partial charge in [0, 0.05) is 0 Å². The predicted molar refractivity (Wildman–Crippen MR) is 50.6 cm³/mol. The van der Waals surface area contributed by atoms with Crippen LogP contribution in [0, 0.1) is 9.81 Å². The van der Waals surface area contributed by atoms with Crippen molar-refractivity contribution in [2.24, 2.45) is 10.4 Å². The van der Waals surface area contributed by atoms with Crippen LogP contribution < -0.4 is 0 Å². The van der Waals surface area contributed by atoms with Crippen LogP contribution in [-0.2, 0) is 0 Å². The van der Waals surface area contributed by atoms with E-state index in [0.717, 1.165) is 0 Å². The Morgan fingerprint density at radius 1 is 1.00 bits per heavy atom. The standard InChI is InChI=1S/C4Br2N2O2S/c5-3-1(7-9)2(8-10)4(6)11-3. The molecule has 0 aliphatic heterocycles. The molecule has 0 aromatic carbocycles. The SMILES string of the molecule is O=Nc1c(Br)sc(Br)c1N=O. The highest BCUT2D eigenvalue weighted by atomic mass is 79.9. The summed E-state index contributed by atoms with van der Waals surface area (Å²) in [6, 6.07) is 0. The van der Waals surface area contributed by atoms with Crippen molar-refractivity contribution >= 4 is 54.6 Å². The lowest BCUT2D eigenvalue weighted by molar-refractivity contribution is 1.45. The molecule has 0 bridgehead atoms. The van der Waals surface area contributed by atoms with E-state index in [2.05, 4.69) is 42.2 Å². The van der Waals surface area contributed by atoms with Crippen LogP contribution in [0.4, 0.5) is 11.4 Å². The number of halogens is 2.